The third-order valence-corrected chi connectivity index (χ3v) is 6.44. The molecule has 0 unspecified atom stereocenters. The molecule has 9 heteroatoms. The first-order valence-electron chi connectivity index (χ1n) is 11.7. The Morgan fingerprint density at radius 3 is 2.61 bits per heavy atom. The monoisotopic (exact) mass is 573 g/mol. The van der Waals surface area contributed by atoms with Crippen LogP contribution in [-0.2, 0) is 16.2 Å². The molecule has 0 bridgehead atoms. The normalized spacial score (nSPS) is 14.2. The van der Waals surface area contributed by atoms with Gasteiger partial charge in [-0.15, -0.1) is 0 Å². The number of halogens is 2. The third-order valence-electron chi connectivity index (χ3n) is 5.95. The van der Waals surface area contributed by atoms with Crippen molar-refractivity contribution in [3.05, 3.63) is 112 Å². The molecule has 0 aromatic heterocycles. The fraction of sp³-hybridized carbons (Fsp3) is 0.0690. The molecule has 5 rings (SSSR count). The van der Waals surface area contributed by atoms with E-state index in [4.69, 9.17) is 4.74 Å². The number of fused-ring (bicyclic) bond motifs is 1. The van der Waals surface area contributed by atoms with Gasteiger partial charge in [0.05, 0.1) is 5.69 Å². The Balaban J connectivity index is 1.33. The minimum Gasteiger partial charge on any atom is -0.488 e. The molecule has 2 N–H and O–H groups in total. The molecule has 7 nitrogen and oxygen atoms in total. The Morgan fingerprint density at radius 2 is 1.76 bits per heavy atom. The number of hydrogen-bond donors (Lipinski definition) is 2. The number of benzene rings is 4. The fourth-order valence-electron chi connectivity index (χ4n) is 4.10. The van der Waals surface area contributed by atoms with Gasteiger partial charge in [-0.3, -0.25) is 9.59 Å². The Morgan fingerprint density at radius 1 is 1.00 bits per heavy atom. The molecule has 0 atom stereocenters. The van der Waals surface area contributed by atoms with Crippen molar-refractivity contribution in [2.24, 2.45) is 0 Å². The Hall–Kier alpha value is -4.50. The van der Waals surface area contributed by atoms with E-state index < -0.39 is 30.2 Å². The molecular formula is C29H21BrFN3O4. The minimum absolute atomic E-state index is 0.0122. The second-order valence-corrected chi connectivity index (χ2v) is 9.43. The van der Waals surface area contributed by atoms with E-state index in [2.05, 4.69) is 26.6 Å². The number of urea groups is 1. The summed E-state index contributed by atoms with van der Waals surface area (Å²) < 4.78 is 20.7. The van der Waals surface area contributed by atoms with Gasteiger partial charge in [-0.05, 0) is 52.7 Å². The van der Waals surface area contributed by atoms with E-state index in [0.29, 0.717) is 17.9 Å². The summed E-state index contributed by atoms with van der Waals surface area (Å²) in [5, 5.41) is 7.05. The Kier molecular flexibility index (Phi) is 7.19. The summed E-state index contributed by atoms with van der Waals surface area (Å²) >= 11 is 3.43. The lowest BCUT2D eigenvalue weighted by molar-refractivity contribution is -0.127. The highest BCUT2D eigenvalue weighted by Gasteiger charge is 2.35. The van der Waals surface area contributed by atoms with E-state index >= 15 is 0 Å². The fourth-order valence-corrected chi connectivity index (χ4v) is 4.48. The van der Waals surface area contributed by atoms with E-state index in [9.17, 15) is 18.8 Å². The molecule has 1 aliphatic heterocycles. The minimum atomic E-state index is -0.752. The molecule has 0 saturated carbocycles. The molecule has 1 heterocycles. The highest BCUT2D eigenvalue weighted by molar-refractivity contribution is 9.10. The summed E-state index contributed by atoms with van der Waals surface area (Å²) in [6.07, 6.45) is 1.50. The van der Waals surface area contributed by atoms with Gasteiger partial charge in [0.1, 0.15) is 30.4 Å². The van der Waals surface area contributed by atoms with Gasteiger partial charge in [0.25, 0.3) is 5.91 Å². The van der Waals surface area contributed by atoms with Crippen LogP contribution in [0.4, 0.5) is 14.9 Å². The van der Waals surface area contributed by atoms with Gasteiger partial charge in [-0.25, -0.2) is 14.1 Å². The van der Waals surface area contributed by atoms with Crippen molar-refractivity contribution in [2.75, 3.05) is 11.9 Å². The standard InChI is InChI=1S/C29H21BrFN3O4/c30-21-12-13-26(38-17-19-8-5-7-18-6-1-2-9-22(18)19)20(14-21)15-25-28(36)34(29(37)33-25)16-27(35)32-24-11-4-3-10-23(24)31/h1-15H,16-17H2,(H,32,35)(H,33,37)/b25-15+. The number of nitrogens with zero attached hydrogens (tertiary/aromatic N) is 1. The number of ether oxygens (including phenoxy) is 1. The van der Waals surface area contributed by atoms with Gasteiger partial charge in [-0.1, -0.05) is 70.5 Å². The maximum Gasteiger partial charge on any atom is 0.329 e. The summed E-state index contributed by atoms with van der Waals surface area (Å²) in [5.74, 6) is -1.50. The van der Waals surface area contributed by atoms with Crippen molar-refractivity contribution < 1.29 is 23.5 Å². The maximum atomic E-state index is 13.8. The van der Waals surface area contributed by atoms with Crippen LogP contribution in [0, 0.1) is 5.82 Å². The topological polar surface area (TPSA) is 87.7 Å². The molecule has 1 fully saturated rings. The predicted octanol–water partition coefficient (Wildman–Crippen LogP) is 5.85. The first-order valence-corrected chi connectivity index (χ1v) is 12.5. The van der Waals surface area contributed by atoms with Crippen molar-refractivity contribution in [3.8, 4) is 5.75 Å². The average molecular weight is 574 g/mol. The molecule has 1 saturated heterocycles. The predicted molar refractivity (Wildman–Crippen MR) is 146 cm³/mol. The summed E-state index contributed by atoms with van der Waals surface area (Å²) in [6.45, 7) is -0.277. The molecule has 190 valence electrons. The van der Waals surface area contributed by atoms with Gasteiger partial charge in [-0.2, -0.15) is 0 Å². The van der Waals surface area contributed by atoms with Crippen LogP contribution in [0.5, 0.6) is 5.75 Å². The van der Waals surface area contributed by atoms with Crippen LogP contribution in [-0.4, -0.2) is 29.3 Å². The molecule has 4 aromatic rings. The second kappa shape index (κ2) is 10.9. The number of carbonyl (C=O) groups excluding carboxylic acids is 3. The van der Waals surface area contributed by atoms with Crippen LogP contribution in [0.15, 0.2) is 95.1 Å². The summed E-state index contributed by atoms with van der Waals surface area (Å²) in [7, 11) is 0. The Labute approximate surface area is 226 Å². The van der Waals surface area contributed by atoms with Crippen LogP contribution in [0.25, 0.3) is 16.8 Å². The number of carbonyl (C=O) groups is 3. The third kappa shape index (κ3) is 5.42. The van der Waals surface area contributed by atoms with Crippen molar-refractivity contribution in [2.45, 2.75) is 6.61 Å². The van der Waals surface area contributed by atoms with Crippen LogP contribution in [0.3, 0.4) is 0 Å². The van der Waals surface area contributed by atoms with Gasteiger partial charge < -0.3 is 15.4 Å². The highest BCUT2D eigenvalue weighted by Crippen LogP contribution is 2.28. The molecule has 0 radical (unpaired) electrons. The highest BCUT2D eigenvalue weighted by atomic mass is 79.9. The van der Waals surface area contributed by atoms with Crippen LogP contribution in [0.2, 0.25) is 0 Å². The first-order chi connectivity index (χ1) is 18.4. The molecule has 4 amide bonds. The van der Waals surface area contributed by atoms with Crippen molar-refractivity contribution in [1.29, 1.82) is 0 Å². The van der Waals surface area contributed by atoms with Crippen molar-refractivity contribution in [3.63, 3.8) is 0 Å². The van der Waals surface area contributed by atoms with E-state index in [-0.39, 0.29) is 11.4 Å². The van der Waals surface area contributed by atoms with Gasteiger partial charge in [0.15, 0.2) is 0 Å². The van der Waals surface area contributed by atoms with E-state index in [1.54, 1.807) is 18.2 Å². The molecule has 4 aromatic carbocycles. The van der Waals surface area contributed by atoms with Crippen molar-refractivity contribution in [1.82, 2.24) is 10.2 Å². The first kappa shape index (κ1) is 25.2. The molecular weight excluding hydrogens is 553 g/mol. The number of rotatable bonds is 7. The average Bonchev–Trinajstić information content (AvgIpc) is 3.16. The second-order valence-electron chi connectivity index (χ2n) is 8.52. The SMILES string of the molecule is O=C(CN1C(=O)N/C(=C/c2cc(Br)ccc2OCc2cccc3ccccc23)C1=O)Nc1ccccc1F. The zero-order chi connectivity index (χ0) is 26.6. The number of amides is 4. The lowest BCUT2D eigenvalue weighted by Crippen LogP contribution is -2.38. The number of para-hydroxylation sites is 1. The van der Waals surface area contributed by atoms with Crippen LogP contribution in [0.1, 0.15) is 11.1 Å². The largest absolute Gasteiger partial charge is 0.488 e. The van der Waals surface area contributed by atoms with Gasteiger partial charge in [0.2, 0.25) is 5.91 Å². The van der Waals surface area contributed by atoms with Crippen LogP contribution < -0.4 is 15.4 Å². The molecule has 1 aliphatic rings. The van der Waals surface area contributed by atoms with E-state index in [1.807, 2.05) is 48.5 Å². The molecule has 0 spiro atoms. The van der Waals surface area contributed by atoms with E-state index in [1.165, 1.54) is 24.3 Å². The quantitative estimate of drug-likeness (QED) is 0.214. The number of hydrogen-bond acceptors (Lipinski definition) is 4. The number of nitrogens with one attached hydrogen (secondary N) is 2. The maximum absolute atomic E-state index is 13.8. The lowest BCUT2D eigenvalue weighted by atomic mass is 10.1. The summed E-state index contributed by atoms with van der Waals surface area (Å²) in [6, 6.07) is 24.2. The number of anilines is 1. The van der Waals surface area contributed by atoms with Gasteiger partial charge in [0, 0.05) is 10.0 Å². The smallest absolute Gasteiger partial charge is 0.329 e. The van der Waals surface area contributed by atoms with Gasteiger partial charge >= 0.3 is 6.03 Å². The number of imide groups is 1. The Bertz CT molecular complexity index is 1600. The zero-order valence-electron chi connectivity index (χ0n) is 19.9. The van der Waals surface area contributed by atoms with E-state index in [0.717, 1.165) is 25.7 Å². The van der Waals surface area contributed by atoms with Crippen LogP contribution >= 0.6 is 15.9 Å². The van der Waals surface area contributed by atoms with Crippen molar-refractivity contribution >= 4 is 56.3 Å². The zero-order valence-corrected chi connectivity index (χ0v) is 21.5. The molecule has 0 aliphatic carbocycles. The summed E-state index contributed by atoms with van der Waals surface area (Å²) in [4.78, 5) is 38.6. The lowest BCUT2D eigenvalue weighted by Gasteiger charge is -2.13. The summed E-state index contributed by atoms with van der Waals surface area (Å²) in [5.41, 5.74) is 1.51. The molecule has 38 heavy (non-hydrogen) atoms.